The molecule has 1 fully saturated rings. The first-order chi connectivity index (χ1) is 14.9. The van der Waals surface area contributed by atoms with Gasteiger partial charge in [0.25, 0.3) is 5.91 Å². The molecule has 0 radical (unpaired) electrons. The summed E-state index contributed by atoms with van der Waals surface area (Å²) in [4.78, 5) is 19.3. The standard InChI is InChI=1S/C21H27N5O4S/c1-3-8-18-22-19(30-24-18)14-26-16-13-15(2)9-10-17(16)31(28,29)20(23-26)21(27)25-11-6-4-5-7-12-25/h9-10,13H,3-8,11-12,14H2,1-2H3. The third-order valence-electron chi connectivity index (χ3n) is 5.49. The van der Waals surface area contributed by atoms with Gasteiger partial charge in [-0.15, -0.1) is 0 Å². The van der Waals surface area contributed by atoms with Gasteiger partial charge < -0.3 is 9.42 Å². The molecule has 31 heavy (non-hydrogen) atoms. The molecule has 9 nitrogen and oxygen atoms in total. The number of aryl methyl sites for hydroxylation is 2. The summed E-state index contributed by atoms with van der Waals surface area (Å²) >= 11 is 0. The normalized spacial score (nSPS) is 18.3. The number of carbonyl (C=O) groups excluding carboxylic acids is 1. The van der Waals surface area contributed by atoms with Crippen molar-refractivity contribution in [1.29, 1.82) is 0 Å². The van der Waals surface area contributed by atoms with Gasteiger partial charge in [0.2, 0.25) is 20.8 Å². The summed E-state index contributed by atoms with van der Waals surface area (Å²) < 4.78 is 32.0. The lowest BCUT2D eigenvalue weighted by Gasteiger charge is -2.28. The second-order valence-corrected chi connectivity index (χ2v) is 9.83. The number of amides is 1. The molecule has 0 atom stereocenters. The minimum absolute atomic E-state index is 0.0690. The summed E-state index contributed by atoms with van der Waals surface area (Å²) in [6.45, 7) is 5.06. The lowest BCUT2D eigenvalue weighted by Crippen LogP contribution is -2.43. The van der Waals surface area contributed by atoms with Gasteiger partial charge in [0.1, 0.15) is 6.54 Å². The number of hydrazone groups is 1. The Morgan fingerprint density at radius 3 is 2.61 bits per heavy atom. The van der Waals surface area contributed by atoms with Gasteiger partial charge in [0.15, 0.2) is 5.82 Å². The summed E-state index contributed by atoms with van der Waals surface area (Å²) in [6.07, 6.45) is 5.37. The molecule has 1 amide bonds. The predicted octanol–water partition coefficient (Wildman–Crippen LogP) is 2.84. The molecule has 0 spiro atoms. The quantitative estimate of drug-likeness (QED) is 0.696. The largest absolute Gasteiger partial charge is 0.337 e. The van der Waals surface area contributed by atoms with Crippen LogP contribution in [0.3, 0.4) is 0 Å². The zero-order chi connectivity index (χ0) is 22.0. The molecule has 2 aliphatic rings. The Labute approximate surface area is 182 Å². The molecular weight excluding hydrogens is 418 g/mol. The molecule has 3 heterocycles. The Balaban J connectivity index is 1.73. The van der Waals surface area contributed by atoms with Gasteiger partial charge in [-0.25, -0.2) is 8.42 Å². The Bertz CT molecular complexity index is 1100. The van der Waals surface area contributed by atoms with Crippen molar-refractivity contribution >= 4 is 26.5 Å². The fourth-order valence-corrected chi connectivity index (χ4v) is 5.33. The van der Waals surface area contributed by atoms with E-state index in [2.05, 4.69) is 15.2 Å². The van der Waals surface area contributed by atoms with Gasteiger partial charge in [-0.2, -0.15) is 10.1 Å². The smallest absolute Gasteiger partial charge is 0.286 e. The molecule has 0 N–H and O–H groups in total. The molecule has 2 aliphatic heterocycles. The summed E-state index contributed by atoms with van der Waals surface area (Å²) in [6, 6.07) is 5.00. The first-order valence-electron chi connectivity index (χ1n) is 10.7. The highest BCUT2D eigenvalue weighted by Gasteiger charge is 2.39. The molecule has 1 aromatic carbocycles. The molecule has 0 saturated carbocycles. The van der Waals surface area contributed by atoms with E-state index in [-0.39, 0.29) is 11.4 Å². The van der Waals surface area contributed by atoms with Crippen LogP contribution in [0.2, 0.25) is 0 Å². The molecule has 1 saturated heterocycles. The number of fused-ring (bicyclic) bond motifs is 1. The molecule has 0 unspecified atom stereocenters. The number of nitrogens with zero attached hydrogens (tertiary/aromatic N) is 5. The monoisotopic (exact) mass is 445 g/mol. The molecule has 1 aromatic heterocycles. The van der Waals surface area contributed by atoms with Gasteiger partial charge in [0, 0.05) is 19.5 Å². The average Bonchev–Trinajstić information content (AvgIpc) is 2.99. The molecule has 0 bridgehead atoms. The van der Waals surface area contributed by atoms with Crippen LogP contribution in [0.1, 0.15) is 56.3 Å². The molecule has 4 rings (SSSR count). The van der Waals surface area contributed by atoms with Crippen molar-refractivity contribution in [2.24, 2.45) is 5.10 Å². The Hall–Kier alpha value is -2.75. The number of hydrogen-bond donors (Lipinski definition) is 0. The van der Waals surface area contributed by atoms with Crippen LogP contribution < -0.4 is 5.01 Å². The highest BCUT2D eigenvalue weighted by molar-refractivity contribution is 8.08. The molecule has 166 valence electrons. The second-order valence-electron chi connectivity index (χ2n) is 8.00. The zero-order valence-corrected chi connectivity index (χ0v) is 18.7. The summed E-state index contributed by atoms with van der Waals surface area (Å²) in [7, 11) is -4.04. The molecule has 2 aromatic rings. The summed E-state index contributed by atoms with van der Waals surface area (Å²) in [5.41, 5.74) is 1.29. The van der Waals surface area contributed by atoms with E-state index < -0.39 is 20.8 Å². The van der Waals surface area contributed by atoms with Crippen LogP contribution in [0.15, 0.2) is 32.7 Å². The lowest BCUT2D eigenvalue weighted by molar-refractivity contribution is -0.123. The van der Waals surface area contributed by atoms with E-state index in [0.29, 0.717) is 36.9 Å². The van der Waals surface area contributed by atoms with Crippen molar-refractivity contribution in [3.63, 3.8) is 0 Å². The van der Waals surface area contributed by atoms with Crippen LogP contribution in [0, 0.1) is 6.92 Å². The van der Waals surface area contributed by atoms with Crippen LogP contribution in [0.5, 0.6) is 0 Å². The third-order valence-corrected chi connectivity index (χ3v) is 7.18. The maximum absolute atomic E-state index is 13.3. The predicted molar refractivity (Wildman–Crippen MR) is 115 cm³/mol. The van der Waals surface area contributed by atoms with Crippen molar-refractivity contribution in [2.45, 2.75) is 63.8 Å². The molecule has 10 heteroatoms. The van der Waals surface area contributed by atoms with Crippen molar-refractivity contribution < 1.29 is 17.7 Å². The number of benzene rings is 1. The van der Waals surface area contributed by atoms with E-state index in [1.165, 1.54) is 11.1 Å². The van der Waals surface area contributed by atoms with Crippen LogP contribution in [0.4, 0.5) is 5.69 Å². The number of sulfone groups is 1. The topological polar surface area (TPSA) is 109 Å². The maximum atomic E-state index is 13.3. The number of hydrogen-bond acceptors (Lipinski definition) is 8. The zero-order valence-electron chi connectivity index (χ0n) is 17.9. The van der Waals surface area contributed by atoms with E-state index in [0.717, 1.165) is 37.7 Å². The fourth-order valence-electron chi connectivity index (χ4n) is 3.87. The average molecular weight is 446 g/mol. The second kappa shape index (κ2) is 8.78. The lowest BCUT2D eigenvalue weighted by atomic mass is 10.2. The molecule has 0 aliphatic carbocycles. The minimum atomic E-state index is -4.04. The fraction of sp³-hybridized carbons (Fsp3) is 0.524. The number of likely N-dealkylation sites (tertiary alicyclic amines) is 1. The van der Waals surface area contributed by atoms with Gasteiger partial charge in [-0.1, -0.05) is 31.0 Å². The van der Waals surface area contributed by atoms with Gasteiger partial charge in [0.05, 0.1) is 10.6 Å². The van der Waals surface area contributed by atoms with E-state index in [4.69, 9.17) is 4.52 Å². The van der Waals surface area contributed by atoms with E-state index in [1.54, 1.807) is 17.0 Å². The SMILES string of the molecule is CCCc1noc(CN2N=C(C(=O)N3CCCCCC3)S(=O)(=O)c3ccc(C)cc32)n1. The number of aromatic nitrogens is 2. The van der Waals surface area contributed by atoms with Gasteiger partial charge in [-0.3, -0.25) is 9.80 Å². The highest BCUT2D eigenvalue weighted by atomic mass is 32.2. The minimum Gasteiger partial charge on any atom is -0.337 e. The maximum Gasteiger partial charge on any atom is 0.286 e. The Morgan fingerprint density at radius 2 is 1.90 bits per heavy atom. The Morgan fingerprint density at radius 1 is 1.16 bits per heavy atom. The van der Waals surface area contributed by atoms with E-state index >= 15 is 0 Å². The first-order valence-corrected chi connectivity index (χ1v) is 12.2. The Kier molecular flexibility index (Phi) is 6.08. The van der Waals surface area contributed by atoms with Crippen LogP contribution in [-0.2, 0) is 27.6 Å². The number of carbonyl (C=O) groups is 1. The summed E-state index contributed by atoms with van der Waals surface area (Å²) in [5, 5.41) is 9.31. The summed E-state index contributed by atoms with van der Waals surface area (Å²) in [5.74, 6) is 0.368. The first kappa shape index (κ1) is 21.5. The third kappa shape index (κ3) is 4.34. The highest BCUT2D eigenvalue weighted by Crippen LogP contribution is 2.34. The van der Waals surface area contributed by atoms with E-state index in [1.807, 2.05) is 13.8 Å². The van der Waals surface area contributed by atoms with Crippen molar-refractivity contribution in [1.82, 2.24) is 15.0 Å². The van der Waals surface area contributed by atoms with Crippen LogP contribution >= 0.6 is 0 Å². The van der Waals surface area contributed by atoms with Gasteiger partial charge in [-0.05, 0) is 43.9 Å². The molecular formula is C21H27N5O4S. The van der Waals surface area contributed by atoms with Gasteiger partial charge >= 0.3 is 0 Å². The van der Waals surface area contributed by atoms with Crippen molar-refractivity contribution in [2.75, 3.05) is 18.1 Å². The number of rotatable bonds is 5. The number of anilines is 1. The van der Waals surface area contributed by atoms with Crippen LogP contribution in [0.25, 0.3) is 0 Å². The van der Waals surface area contributed by atoms with E-state index in [9.17, 15) is 13.2 Å². The van der Waals surface area contributed by atoms with Crippen LogP contribution in [-0.4, -0.2) is 47.5 Å². The van der Waals surface area contributed by atoms with Crippen molar-refractivity contribution in [3.8, 4) is 0 Å². The van der Waals surface area contributed by atoms with Crippen molar-refractivity contribution in [3.05, 3.63) is 35.5 Å².